The van der Waals surface area contributed by atoms with E-state index in [1.807, 2.05) is 30.3 Å². The predicted octanol–water partition coefficient (Wildman–Crippen LogP) is 4.41. The number of halogens is 1. The summed E-state index contributed by atoms with van der Waals surface area (Å²) in [5.41, 5.74) is 2.52. The number of hydrogen-bond donors (Lipinski definition) is 1. The number of aryl methyl sites for hydroxylation is 2. The first-order valence-corrected chi connectivity index (χ1v) is 11.2. The van der Waals surface area contributed by atoms with E-state index >= 15 is 0 Å². The Bertz CT molecular complexity index is 1310. The standard InChI is InChI=1S/C23H22ClN7O3/c1-14-20(21(28-33-14)17-5-3-4-6-18(17)24)27-23(32)31-11-9-30(10-12-31)19-8-7-16(13-25-19)22-26-15(2)34-29-22/h3-8,13H,9-12H2,1-2H3,(H,27,32). The quantitative estimate of drug-likeness (QED) is 0.458. The van der Waals surface area contributed by atoms with Crippen LogP contribution in [0.5, 0.6) is 0 Å². The number of carbonyl (C=O) groups excluding carboxylic acids is 1. The van der Waals surface area contributed by atoms with E-state index in [-0.39, 0.29) is 6.03 Å². The van der Waals surface area contributed by atoms with E-state index in [1.54, 1.807) is 31.0 Å². The van der Waals surface area contributed by atoms with Gasteiger partial charge < -0.3 is 24.2 Å². The summed E-state index contributed by atoms with van der Waals surface area (Å²) in [5.74, 6) is 2.37. The number of urea groups is 1. The van der Waals surface area contributed by atoms with Crippen molar-refractivity contribution in [3.63, 3.8) is 0 Å². The van der Waals surface area contributed by atoms with Crippen LogP contribution in [-0.2, 0) is 0 Å². The monoisotopic (exact) mass is 479 g/mol. The van der Waals surface area contributed by atoms with Gasteiger partial charge in [-0.3, -0.25) is 0 Å². The fourth-order valence-corrected chi connectivity index (χ4v) is 4.03. The molecule has 0 spiro atoms. The molecular weight excluding hydrogens is 458 g/mol. The van der Waals surface area contributed by atoms with Crippen LogP contribution < -0.4 is 10.2 Å². The number of nitrogens with zero attached hydrogens (tertiary/aromatic N) is 6. The van der Waals surface area contributed by atoms with E-state index in [2.05, 4.69) is 30.5 Å². The Hall–Kier alpha value is -3.92. The molecule has 0 atom stereocenters. The maximum absolute atomic E-state index is 13.0. The molecule has 10 nitrogen and oxygen atoms in total. The van der Waals surface area contributed by atoms with E-state index in [0.717, 1.165) is 11.4 Å². The first-order valence-electron chi connectivity index (χ1n) is 10.8. The average molecular weight is 480 g/mol. The lowest BCUT2D eigenvalue weighted by Gasteiger charge is -2.35. The molecule has 174 valence electrons. The first kappa shape index (κ1) is 21.9. The summed E-state index contributed by atoms with van der Waals surface area (Å²) in [6.45, 7) is 5.90. The molecule has 4 heterocycles. The van der Waals surface area contributed by atoms with Gasteiger partial charge in [-0.15, -0.1) is 0 Å². The van der Waals surface area contributed by atoms with E-state index in [1.165, 1.54) is 0 Å². The minimum absolute atomic E-state index is 0.213. The smallest absolute Gasteiger partial charge is 0.322 e. The second kappa shape index (κ2) is 9.14. The van der Waals surface area contributed by atoms with E-state index < -0.39 is 0 Å². The normalized spacial score (nSPS) is 13.9. The summed E-state index contributed by atoms with van der Waals surface area (Å²) in [4.78, 5) is 25.6. The maximum atomic E-state index is 13.0. The highest BCUT2D eigenvalue weighted by Gasteiger charge is 2.25. The van der Waals surface area contributed by atoms with Crippen LogP contribution in [-0.4, -0.2) is 57.4 Å². The number of benzene rings is 1. The molecule has 1 aromatic carbocycles. The van der Waals surface area contributed by atoms with Crippen molar-refractivity contribution >= 4 is 29.1 Å². The zero-order valence-corrected chi connectivity index (χ0v) is 19.4. The van der Waals surface area contributed by atoms with Crippen LogP contribution in [0.3, 0.4) is 0 Å². The highest BCUT2D eigenvalue weighted by Crippen LogP contribution is 2.34. The molecule has 0 aliphatic carbocycles. The molecule has 1 fully saturated rings. The third-order valence-electron chi connectivity index (χ3n) is 5.65. The van der Waals surface area contributed by atoms with Crippen molar-refractivity contribution in [3.05, 3.63) is 59.3 Å². The van der Waals surface area contributed by atoms with Gasteiger partial charge in [0.1, 0.15) is 17.2 Å². The molecule has 1 aliphatic rings. The minimum Gasteiger partial charge on any atom is -0.359 e. The molecule has 3 aromatic heterocycles. The lowest BCUT2D eigenvalue weighted by Crippen LogP contribution is -2.50. The second-order valence-corrected chi connectivity index (χ2v) is 8.30. The van der Waals surface area contributed by atoms with Crippen molar-refractivity contribution in [2.24, 2.45) is 0 Å². The molecule has 1 aliphatic heterocycles. The molecule has 11 heteroatoms. The van der Waals surface area contributed by atoms with Crippen LogP contribution in [0.1, 0.15) is 11.7 Å². The van der Waals surface area contributed by atoms with Crippen LogP contribution >= 0.6 is 11.6 Å². The van der Waals surface area contributed by atoms with Gasteiger partial charge >= 0.3 is 6.03 Å². The van der Waals surface area contributed by atoms with Gasteiger partial charge in [0.2, 0.25) is 11.7 Å². The molecule has 34 heavy (non-hydrogen) atoms. The van der Waals surface area contributed by atoms with Crippen molar-refractivity contribution in [2.45, 2.75) is 13.8 Å². The number of anilines is 2. The molecule has 0 unspecified atom stereocenters. The summed E-state index contributed by atoms with van der Waals surface area (Å²) in [7, 11) is 0. The van der Waals surface area contributed by atoms with Crippen molar-refractivity contribution < 1.29 is 13.8 Å². The SMILES string of the molecule is Cc1nc(-c2ccc(N3CCN(C(=O)Nc4c(-c5ccccc5Cl)noc4C)CC3)nc2)no1. The lowest BCUT2D eigenvalue weighted by atomic mass is 10.1. The Morgan fingerprint density at radius 3 is 2.50 bits per heavy atom. The number of amides is 2. The van der Waals surface area contributed by atoms with Gasteiger partial charge in [0, 0.05) is 50.4 Å². The zero-order chi connectivity index (χ0) is 23.7. The van der Waals surface area contributed by atoms with E-state index in [9.17, 15) is 4.79 Å². The maximum Gasteiger partial charge on any atom is 0.322 e. The highest BCUT2D eigenvalue weighted by atomic mass is 35.5. The highest BCUT2D eigenvalue weighted by molar-refractivity contribution is 6.33. The average Bonchev–Trinajstić information content (AvgIpc) is 3.45. The van der Waals surface area contributed by atoms with Crippen molar-refractivity contribution in [1.82, 2.24) is 25.2 Å². The summed E-state index contributed by atoms with van der Waals surface area (Å²) >= 11 is 6.32. The zero-order valence-electron chi connectivity index (χ0n) is 18.7. The van der Waals surface area contributed by atoms with E-state index in [0.29, 0.717) is 65.6 Å². The lowest BCUT2D eigenvalue weighted by molar-refractivity contribution is 0.208. The van der Waals surface area contributed by atoms with Gasteiger partial charge in [-0.1, -0.05) is 40.1 Å². The Labute approximate surface area is 200 Å². The predicted molar refractivity (Wildman–Crippen MR) is 127 cm³/mol. The van der Waals surface area contributed by atoms with Crippen LogP contribution in [0, 0.1) is 13.8 Å². The first-order chi connectivity index (χ1) is 16.5. The molecule has 0 radical (unpaired) electrons. The molecule has 0 bridgehead atoms. The van der Waals surface area contributed by atoms with Crippen molar-refractivity contribution in [2.75, 3.05) is 36.4 Å². The Morgan fingerprint density at radius 1 is 1.03 bits per heavy atom. The van der Waals surface area contributed by atoms with Crippen molar-refractivity contribution in [3.8, 4) is 22.6 Å². The molecule has 5 rings (SSSR count). The topological polar surface area (TPSA) is 113 Å². The Kier molecular flexibility index (Phi) is 5.89. The van der Waals surface area contributed by atoms with Crippen LogP contribution in [0.4, 0.5) is 16.3 Å². The van der Waals surface area contributed by atoms with Gasteiger partial charge in [-0.05, 0) is 25.1 Å². The Morgan fingerprint density at radius 2 is 1.82 bits per heavy atom. The largest absolute Gasteiger partial charge is 0.359 e. The molecule has 1 saturated heterocycles. The molecule has 4 aromatic rings. The third-order valence-corrected chi connectivity index (χ3v) is 5.98. The summed E-state index contributed by atoms with van der Waals surface area (Å²) in [6.07, 6.45) is 1.73. The number of hydrogen-bond acceptors (Lipinski definition) is 8. The van der Waals surface area contributed by atoms with Gasteiger partial charge in [0.05, 0.1) is 5.02 Å². The number of rotatable bonds is 4. The minimum atomic E-state index is -0.213. The number of pyridine rings is 1. The number of carbonyl (C=O) groups is 1. The van der Waals surface area contributed by atoms with Gasteiger partial charge in [0.15, 0.2) is 5.76 Å². The van der Waals surface area contributed by atoms with Gasteiger partial charge in [-0.25, -0.2) is 9.78 Å². The van der Waals surface area contributed by atoms with Gasteiger partial charge in [-0.2, -0.15) is 4.98 Å². The molecule has 2 amide bonds. The number of aromatic nitrogens is 4. The molecule has 0 saturated carbocycles. The third kappa shape index (κ3) is 4.32. The van der Waals surface area contributed by atoms with Gasteiger partial charge in [0.25, 0.3) is 0 Å². The fraction of sp³-hybridized carbons (Fsp3) is 0.261. The molecule has 1 N–H and O–H groups in total. The van der Waals surface area contributed by atoms with Crippen LogP contribution in [0.15, 0.2) is 51.6 Å². The summed E-state index contributed by atoms with van der Waals surface area (Å²) < 4.78 is 10.4. The number of piperazine rings is 1. The van der Waals surface area contributed by atoms with Crippen molar-refractivity contribution in [1.29, 1.82) is 0 Å². The van der Waals surface area contributed by atoms with Crippen LogP contribution in [0.2, 0.25) is 5.02 Å². The Balaban J connectivity index is 1.23. The second-order valence-electron chi connectivity index (χ2n) is 7.89. The summed E-state index contributed by atoms with van der Waals surface area (Å²) in [6, 6.07) is 10.9. The summed E-state index contributed by atoms with van der Waals surface area (Å²) in [5, 5.41) is 11.5. The fourth-order valence-electron chi connectivity index (χ4n) is 3.80. The number of nitrogens with one attached hydrogen (secondary N) is 1. The van der Waals surface area contributed by atoms with Crippen LogP contribution in [0.25, 0.3) is 22.6 Å². The van der Waals surface area contributed by atoms with E-state index in [4.69, 9.17) is 20.6 Å². The molecular formula is C23H22ClN7O3.